The van der Waals surface area contributed by atoms with E-state index in [0.29, 0.717) is 31.0 Å². The minimum Gasteiger partial charge on any atom is -0.480 e. The van der Waals surface area contributed by atoms with Crippen molar-refractivity contribution in [2.24, 2.45) is 5.92 Å². The van der Waals surface area contributed by atoms with Gasteiger partial charge in [-0.1, -0.05) is 0 Å². The van der Waals surface area contributed by atoms with Gasteiger partial charge in [-0.15, -0.1) is 0 Å². The number of rotatable bonds is 4. The van der Waals surface area contributed by atoms with Gasteiger partial charge in [-0.25, -0.2) is 9.18 Å². The SMILES string of the molecule is O=C(NC(C(=O)O)C1CC1)c1cc(C(F)(F)F)ccc1F. The van der Waals surface area contributed by atoms with Gasteiger partial charge in [0.1, 0.15) is 11.9 Å². The molecule has 1 unspecified atom stereocenters. The maximum Gasteiger partial charge on any atom is 0.416 e. The number of halogens is 4. The van der Waals surface area contributed by atoms with Crippen molar-refractivity contribution >= 4 is 11.9 Å². The highest BCUT2D eigenvalue weighted by molar-refractivity contribution is 5.97. The minimum atomic E-state index is -4.72. The summed E-state index contributed by atoms with van der Waals surface area (Å²) in [5, 5.41) is 11.0. The van der Waals surface area contributed by atoms with Gasteiger partial charge < -0.3 is 10.4 Å². The lowest BCUT2D eigenvalue weighted by Gasteiger charge is -2.15. The molecule has 1 fully saturated rings. The zero-order valence-corrected chi connectivity index (χ0v) is 10.6. The number of carbonyl (C=O) groups excluding carboxylic acids is 1. The lowest BCUT2D eigenvalue weighted by atomic mass is 10.1. The van der Waals surface area contributed by atoms with Gasteiger partial charge in [0.05, 0.1) is 11.1 Å². The second-order valence-corrected chi connectivity index (χ2v) is 4.82. The number of hydrogen-bond donors (Lipinski definition) is 2. The number of nitrogens with one attached hydrogen (secondary N) is 1. The summed E-state index contributed by atoms with van der Waals surface area (Å²) in [6, 6.07) is 0.203. The van der Waals surface area contributed by atoms with E-state index in [2.05, 4.69) is 5.32 Å². The van der Waals surface area contributed by atoms with Gasteiger partial charge in [-0.05, 0) is 37.0 Å². The van der Waals surface area contributed by atoms with Crippen molar-refractivity contribution in [3.8, 4) is 0 Å². The first-order valence-electron chi connectivity index (χ1n) is 6.10. The maximum atomic E-state index is 13.5. The topological polar surface area (TPSA) is 66.4 Å². The van der Waals surface area contributed by atoms with Crippen LogP contribution in [0.25, 0.3) is 0 Å². The molecule has 1 saturated carbocycles. The number of amides is 1. The quantitative estimate of drug-likeness (QED) is 0.840. The molecule has 1 atom stereocenters. The molecular weight excluding hydrogens is 294 g/mol. The molecule has 0 spiro atoms. The second kappa shape index (κ2) is 5.34. The van der Waals surface area contributed by atoms with Crippen LogP contribution < -0.4 is 5.32 Å². The Bertz CT molecular complexity index is 581. The summed E-state index contributed by atoms with van der Waals surface area (Å²) >= 11 is 0. The number of carboxylic acid groups (broad SMARTS) is 1. The highest BCUT2D eigenvalue weighted by Crippen LogP contribution is 2.33. The third kappa shape index (κ3) is 3.50. The van der Waals surface area contributed by atoms with E-state index < -0.39 is 41.0 Å². The largest absolute Gasteiger partial charge is 0.480 e. The van der Waals surface area contributed by atoms with Crippen LogP contribution in [0.1, 0.15) is 28.8 Å². The standard InChI is InChI=1S/C13H11F4NO3/c14-9-4-3-7(13(15,16)17)5-8(9)11(19)18-10(12(20)21)6-1-2-6/h3-6,10H,1-2H2,(H,18,19)(H,20,21). The fraction of sp³-hybridized carbons (Fsp3) is 0.385. The van der Waals surface area contributed by atoms with Crippen molar-refractivity contribution in [1.29, 1.82) is 0 Å². The second-order valence-electron chi connectivity index (χ2n) is 4.82. The van der Waals surface area contributed by atoms with Crippen LogP contribution in [0.5, 0.6) is 0 Å². The van der Waals surface area contributed by atoms with E-state index >= 15 is 0 Å². The Labute approximate surface area is 116 Å². The first-order valence-corrected chi connectivity index (χ1v) is 6.10. The van der Waals surface area contributed by atoms with Gasteiger partial charge in [-0.2, -0.15) is 13.2 Å². The molecule has 2 N–H and O–H groups in total. The van der Waals surface area contributed by atoms with Crippen LogP contribution in [0.3, 0.4) is 0 Å². The predicted molar refractivity (Wildman–Crippen MR) is 63.0 cm³/mol. The lowest BCUT2D eigenvalue weighted by molar-refractivity contribution is -0.140. The van der Waals surface area contributed by atoms with Crippen molar-refractivity contribution in [3.63, 3.8) is 0 Å². The summed E-state index contributed by atoms with van der Waals surface area (Å²) in [4.78, 5) is 22.8. The van der Waals surface area contributed by atoms with Gasteiger partial charge in [0.25, 0.3) is 5.91 Å². The molecular formula is C13H11F4NO3. The smallest absolute Gasteiger partial charge is 0.416 e. The zero-order valence-electron chi connectivity index (χ0n) is 10.6. The average Bonchev–Trinajstić information content (AvgIpc) is 3.18. The fourth-order valence-electron chi connectivity index (χ4n) is 1.91. The van der Waals surface area contributed by atoms with Crippen LogP contribution in [-0.4, -0.2) is 23.0 Å². The van der Waals surface area contributed by atoms with Crippen LogP contribution in [-0.2, 0) is 11.0 Å². The monoisotopic (exact) mass is 305 g/mol. The van der Waals surface area contributed by atoms with Crippen molar-refractivity contribution < 1.29 is 32.3 Å². The van der Waals surface area contributed by atoms with Gasteiger partial charge in [0.15, 0.2) is 0 Å². The summed E-state index contributed by atoms with van der Waals surface area (Å²) in [6.45, 7) is 0. The number of benzene rings is 1. The summed E-state index contributed by atoms with van der Waals surface area (Å²) in [5.74, 6) is -3.86. The first-order chi connectivity index (χ1) is 9.70. The molecule has 8 heteroatoms. The van der Waals surface area contributed by atoms with E-state index in [0.717, 1.165) is 0 Å². The molecule has 0 heterocycles. The summed E-state index contributed by atoms with van der Waals surface area (Å²) in [6.07, 6.45) is -3.52. The molecule has 1 aliphatic rings. The van der Waals surface area contributed by atoms with Crippen LogP contribution in [0.4, 0.5) is 17.6 Å². The van der Waals surface area contributed by atoms with E-state index in [1.807, 2.05) is 0 Å². The molecule has 114 valence electrons. The molecule has 4 nitrogen and oxygen atoms in total. The Morgan fingerprint density at radius 2 is 1.90 bits per heavy atom. The van der Waals surface area contributed by atoms with Gasteiger partial charge in [0, 0.05) is 0 Å². The van der Waals surface area contributed by atoms with Crippen LogP contribution in [0.15, 0.2) is 18.2 Å². The molecule has 0 aromatic heterocycles. The van der Waals surface area contributed by atoms with Crippen molar-refractivity contribution in [1.82, 2.24) is 5.32 Å². The summed E-state index contributed by atoms with van der Waals surface area (Å²) in [5.41, 5.74) is -2.00. The summed E-state index contributed by atoms with van der Waals surface area (Å²) < 4.78 is 51.1. The van der Waals surface area contributed by atoms with Gasteiger partial charge in [0.2, 0.25) is 0 Å². The number of hydrogen-bond acceptors (Lipinski definition) is 2. The summed E-state index contributed by atoms with van der Waals surface area (Å²) in [7, 11) is 0. The molecule has 0 radical (unpaired) electrons. The third-order valence-corrected chi connectivity index (χ3v) is 3.18. The fourth-order valence-corrected chi connectivity index (χ4v) is 1.91. The minimum absolute atomic E-state index is 0.264. The maximum absolute atomic E-state index is 13.5. The number of aliphatic carboxylic acids is 1. The van der Waals surface area contributed by atoms with Crippen molar-refractivity contribution in [2.75, 3.05) is 0 Å². The molecule has 0 saturated heterocycles. The van der Waals surface area contributed by atoms with Gasteiger partial charge in [-0.3, -0.25) is 4.79 Å². The first kappa shape index (κ1) is 15.3. The van der Waals surface area contributed by atoms with E-state index in [1.54, 1.807) is 0 Å². The number of alkyl halides is 3. The van der Waals surface area contributed by atoms with Gasteiger partial charge >= 0.3 is 12.1 Å². The van der Waals surface area contributed by atoms with Crippen molar-refractivity contribution in [2.45, 2.75) is 25.1 Å². The van der Waals surface area contributed by atoms with E-state index in [9.17, 15) is 27.2 Å². The predicted octanol–water partition coefficient (Wildman–Crippen LogP) is 2.44. The lowest BCUT2D eigenvalue weighted by Crippen LogP contribution is -2.42. The highest BCUT2D eigenvalue weighted by atomic mass is 19.4. The Morgan fingerprint density at radius 3 is 2.38 bits per heavy atom. The average molecular weight is 305 g/mol. The van der Waals surface area contributed by atoms with E-state index in [4.69, 9.17) is 5.11 Å². The molecule has 1 aromatic rings. The Hall–Kier alpha value is -2.12. The zero-order chi connectivity index (χ0) is 15.8. The highest BCUT2D eigenvalue weighted by Gasteiger charge is 2.38. The Morgan fingerprint density at radius 1 is 1.29 bits per heavy atom. The molecule has 1 aromatic carbocycles. The molecule has 1 amide bonds. The molecule has 0 bridgehead atoms. The van der Waals surface area contributed by atoms with Crippen LogP contribution in [0, 0.1) is 11.7 Å². The third-order valence-electron chi connectivity index (χ3n) is 3.18. The normalized spacial score (nSPS) is 16.4. The van der Waals surface area contributed by atoms with Crippen molar-refractivity contribution in [3.05, 3.63) is 35.1 Å². The molecule has 1 aliphatic carbocycles. The Balaban J connectivity index is 2.24. The molecule has 21 heavy (non-hydrogen) atoms. The molecule has 2 rings (SSSR count). The van der Waals surface area contributed by atoms with Crippen LogP contribution in [0.2, 0.25) is 0 Å². The number of carboxylic acids is 1. The Kier molecular flexibility index (Phi) is 3.89. The van der Waals surface area contributed by atoms with Crippen LogP contribution >= 0.6 is 0 Å². The van der Waals surface area contributed by atoms with E-state index in [-0.39, 0.29) is 5.92 Å². The van der Waals surface area contributed by atoms with E-state index in [1.165, 1.54) is 0 Å². The number of carbonyl (C=O) groups is 2. The molecule has 0 aliphatic heterocycles.